The van der Waals surface area contributed by atoms with E-state index in [4.69, 9.17) is 0 Å². The largest absolute Gasteiger partial charge is 0.324 e. The van der Waals surface area contributed by atoms with E-state index < -0.39 is 0 Å². The fourth-order valence-corrected chi connectivity index (χ4v) is 3.77. The van der Waals surface area contributed by atoms with Crippen LogP contribution in [0.25, 0.3) is 0 Å². The van der Waals surface area contributed by atoms with Crippen molar-refractivity contribution in [3.8, 4) is 0 Å². The molecule has 0 aliphatic carbocycles. The zero-order valence-corrected chi connectivity index (χ0v) is 17.9. The van der Waals surface area contributed by atoms with Crippen LogP contribution in [0.1, 0.15) is 24.5 Å². The van der Waals surface area contributed by atoms with E-state index in [0.29, 0.717) is 11.4 Å². The maximum Gasteiger partial charge on any atom is 0.241 e. The van der Waals surface area contributed by atoms with Crippen LogP contribution in [0.4, 0.5) is 17.1 Å². The Morgan fingerprint density at radius 2 is 1.77 bits per heavy atom. The summed E-state index contributed by atoms with van der Waals surface area (Å²) in [5.74, 6) is -0.454. The number of anilines is 3. The molecule has 0 unspecified atom stereocenters. The van der Waals surface area contributed by atoms with E-state index in [1.54, 1.807) is 22.9 Å². The van der Waals surface area contributed by atoms with Gasteiger partial charge in [-0.2, -0.15) is 0 Å². The highest BCUT2D eigenvalue weighted by Gasteiger charge is 2.30. The summed E-state index contributed by atoms with van der Waals surface area (Å²) < 4.78 is 0. The van der Waals surface area contributed by atoms with E-state index >= 15 is 0 Å². The summed E-state index contributed by atoms with van der Waals surface area (Å²) in [5, 5.41) is 5.79. The average Bonchev–Trinajstić information content (AvgIpc) is 2.78. The minimum Gasteiger partial charge on any atom is -0.324 e. The van der Waals surface area contributed by atoms with Crippen molar-refractivity contribution in [3.63, 3.8) is 0 Å². The molecule has 2 aromatic carbocycles. The molecule has 1 atom stereocenters. The number of nitrogens with zero attached hydrogens (tertiary/aromatic N) is 2. The van der Waals surface area contributed by atoms with Crippen molar-refractivity contribution < 1.29 is 14.4 Å². The molecule has 0 saturated carbocycles. The first-order chi connectivity index (χ1) is 14.3. The fraction of sp³-hybridized carbons (Fsp3) is 0.348. The van der Waals surface area contributed by atoms with Crippen LogP contribution in [0.5, 0.6) is 0 Å². The second-order valence-corrected chi connectivity index (χ2v) is 7.87. The highest BCUT2D eigenvalue weighted by Crippen LogP contribution is 2.31. The van der Waals surface area contributed by atoms with Crippen LogP contribution in [-0.2, 0) is 14.4 Å². The van der Waals surface area contributed by atoms with Gasteiger partial charge >= 0.3 is 0 Å². The standard InChI is InChI=1S/C23H28N4O3/c1-15-8-7-9-16(2)23(15)25-21(29)13-26(4)14-22(30)27-17(3)12-20(28)24-18-10-5-6-11-19(18)27/h5-11,17H,12-14H2,1-4H3,(H,24,28)(H,25,29)/t17-/m1/s1. The highest BCUT2D eigenvalue weighted by molar-refractivity contribution is 6.05. The monoisotopic (exact) mass is 408 g/mol. The molecule has 158 valence electrons. The molecular formula is C23H28N4O3. The van der Waals surface area contributed by atoms with E-state index in [1.165, 1.54) is 0 Å². The summed E-state index contributed by atoms with van der Waals surface area (Å²) in [5.41, 5.74) is 4.09. The zero-order valence-electron chi connectivity index (χ0n) is 17.9. The third kappa shape index (κ3) is 4.86. The molecule has 0 saturated heterocycles. The maximum atomic E-state index is 13.1. The lowest BCUT2D eigenvalue weighted by Crippen LogP contribution is -2.45. The Hall–Kier alpha value is -3.19. The number of aryl methyl sites for hydroxylation is 2. The van der Waals surface area contributed by atoms with Crippen LogP contribution in [-0.4, -0.2) is 48.8 Å². The molecule has 1 aliphatic rings. The lowest BCUT2D eigenvalue weighted by Gasteiger charge is -2.29. The second kappa shape index (κ2) is 9.09. The normalized spacial score (nSPS) is 16.0. The van der Waals surface area contributed by atoms with Gasteiger partial charge in [-0.3, -0.25) is 19.3 Å². The minimum absolute atomic E-state index is 0.0625. The predicted molar refractivity (Wildman–Crippen MR) is 119 cm³/mol. The van der Waals surface area contributed by atoms with Gasteiger partial charge in [-0.1, -0.05) is 30.3 Å². The second-order valence-electron chi connectivity index (χ2n) is 7.87. The Bertz CT molecular complexity index is 952. The van der Waals surface area contributed by atoms with E-state index in [2.05, 4.69) is 10.6 Å². The topological polar surface area (TPSA) is 81.8 Å². The summed E-state index contributed by atoms with van der Waals surface area (Å²) in [6.07, 6.45) is 0.219. The van der Waals surface area contributed by atoms with Crippen molar-refractivity contribution in [1.29, 1.82) is 0 Å². The number of nitrogens with one attached hydrogen (secondary N) is 2. The summed E-state index contributed by atoms with van der Waals surface area (Å²) >= 11 is 0. The molecule has 0 aromatic heterocycles. The molecule has 7 heteroatoms. The van der Waals surface area contributed by atoms with E-state index in [1.807, 2.05) is 57.2 Å². The number of fused-ring (bicyclic) bond motifs is 1. The molecule has 30 heavy (non-hydrogen) atoms. The number of para-hydroxylation sites is 3. The number of amides is 3. The first kappa shape index (κ1) is 21.5. The Balaban J connectivity index is 1.68. The SMILES string of the molecule is Cc1cccc(C)c1NC(=O)CN(C)CC(=O)N1c2ccccc2NC(=O)C[C@H]1C. The van der Waals surface area contributed by atoms with Gasteiger partial charge in [0, 0.05) is 18.2 Å². The van der Waals surface area contributed by atoms with Crippen molar-refractivity contribution in [1.82, 2.24) is 4.90 Å². The zero-order chi connectivity index (χ0) is 21.8. The summed E-state index contributed by atoms with van der Waals surface area (Å²) in [7, 11) is 1.74. The van der Waals surface area contributed by atoms with Crippen molar-refractivity contribution in [2.24, 2.45) is 0 Å². The van der Waals surface area contributed by atoms with Gasteiger partial charge in [-0.25, -0.2) is 0 Å². The fourth-order valence-electron chi connectivity index (χ4n) is 3.77. The molecule has 1 heterocycles. The summed E-state index contributed by atoms with van der Waals surface area (Å²) in [4.78, 5) is 41.1. The maximum absolute atomic E-state index is 13.1. The Labute approximate surface area is 177 Å². The number of benzene rings is 2. The molecule has 0 fully saturated rings. The Morgan fingerprint density at radius 1 is 1.10 bits per heavy atom. The van der Waals surface area contributed by atoms with Gasteiger partial charge in [-0.05, 0) is 51.1 Å². The number of rotatable bonds is 5. The van der Waals surface area contributed by atoms with Gasteiger partial charge in [0.2, 0.25) is 17.7 Å². The molecule has 0 spiro atoms. The van der Waals surface area contributed by atoms with Crippen LogP contribution in [0.15, 0.2) is 42.5 Å². The lowest BCUT2D eigenvalue weighted by molar-refractivity contribution is -0.121. The molecule has 7 nitrogen and oxygen atoms in total. The quantitative estimate of drug-likeness (QED) is 0.797. The van der Waals surface area contributed by atoms with Gasteiger partial charge in [-0.15, -0.1) is 0 Å². The van der Waals surface area contributed by atoms with Crippen molar-refractivity contribution in [2.75, 3.05) is 35.7 Å². The van der Waals surface area contributed by atoms with Crippen LogP contribution in [0, 0.1) is 13.8 Å². The lowest BCUT2D eigenvalue weighted by atomic mass is 10.1. The molecule has 3 amide bonds. The summed E-state index contributed by atoms with van der Waals surface area (Å²) in [6.45, 7) is 5.90. The molecule has 1 aliphatic heterocycles. The van der Waals surface area contributed by atoms with Crippen molar-refractivity contribution in [2.45, 2.75) is 33.2 Å². The van der Waals surface area contributed by atoms with Gasteiger partial charge in [0.1, 0.15) is 0 Å². The molecule has 2 aromatic rings. The highest BCUT2D eigenvalue weighted by atomic mass is 16.2. The van der Waals surface area contributed by atoms with Crippen LogP contribution < -0.4 is 15.5 Å². The molecule has 2 N–H and O–H groups in total. The van der Waals surface area contributed by atoms with Gasteiger partial charge in [0.05, 0.1) is 24.5 Å². The first-order valence-electron chi connectivity index (χ1n) is 10.0. The number of hydrogen-bond acceptors (Lipinski definition) is 4. The van der Waals surface area contributed by atoms with E-state index in [9.17, 15) is 14.4 Å². The Kier molecular flexibility index (Phi) is 6.52. The molecule has 0 bridgehead atoms. The summed E-state index contributed by atoms with van der Waals surface area (Å²) in [6, 6.07) is 12.8. The van der Waals surface area contributed by atoms with Crippen molar-refractivity contribution >= 4 is 34.8 Å². The van der Waals surface area contributed by atoms with Gasteiger partial charge in [0.25, 0.3) is 0 Å². The Morgan fingerprint density at radius 3 is 2.47 bits per heavy atom. The van der Waals surface area contributed by atoms with Gasteiger partial charge < -0.3 is 15.5 Å². The van der Waals surface area contributed by atoms with E-state index in [-0.39, 0.29) is 43.3 Å². The van der Waals surface area contributed by atoms with Crippen LogP contribution >= 0.6 is 0 Å². The predicted octanol–water partition coefficient (Wildman–Crippen LogP) is 2.94. The number of likely N-dealkylation sites (N-methyl/N-ethyl adjacent to an activating group) is 1. The third-order valence-electron chi connectivity index (χ3n) is 5.19. The third-order valence-corrected chi connectivity index (χ3v) is 5.19. The number of carbonyl (C=O) groups excluding carboxylic acids is 3. The van der Waals surface area contributed by atoms with Crippen molar-refractivity contribution in [3.05, 3.63) is 53.6 Å². The average molecular weight is 409 g/mol. The molecular weight excluding hydrogens is 380 g/mol. The molecule has 3 rings (SSSR count). The smallest absolute Gasteiger partial charge is 0.241 e. The van der Waals surface area contributed by atoms with Gasteiger partial charge in [0.15, 0.2) is 0 Å². The van der Waals surface area contributed by atoms with Crippen LogP contribution in [0.3, 0.4) is 0 Å². The number of carbonyl (C=O) groups is 3. The minimum atomic E-state index is -0.280. The van der Waals surface area contributed by atoms with Crippen LogP contribution in [0.2, 0.25) is 0 Å². The first-order valence-corrected chi connectivity index (χ1v) is 10.0. The van der Waals surface area contributed by atoms with E-state index in [0.717, 1.165) is 16.8 Å². The molecule has 0 radical (unpaired) electrons. The number of hydrogen-bond donors (Lipinski definition) is 2.